The number of aliphatic hydroxyl groups excluding tert-OH is 1. The van der Waals surface area contributed by atoms with Gasteiger partial charge in [0, 0.05) is 17.5 Å². The molecule has 4 heteroatoms. The minimum atomic E-state index is -0.357. The van der Waals surface area contributed by atoms with Gasteiger partial charge in [0.15, 0.2) is 0 Å². The molecule has 0 aromatic heterocycles. The first-order valence-corrected chi connectivity index (χ1v) is 8.22. The van der Waals surface area contributed by atoms with Crippen molar-refractivity contribution in [2.45, 2.75) is 50.0 Å². The lowest BCUT2D eigenvalue weighted by atomic mass is 9.86. The number of carbonyl (C=O) groups excluding carboxylic acids is 1. The monoisotopic (exact) mass is 307 g/mol. The van der Waals surface area contributed by atoms with E-state index >= 15 is 0 Å². The molecule has 114 valence electrons. The molecule has 0 aliphatic heterocycles. The molecule has 1 aromatic carbocycles. The Morgan fingerprint density at radius 1 is 1.24 bits per heavy atom. The minimum absolute atomic E-state index is 0.0996. The van der Waals surface area contributed by atoms with Crippen LogP contribution in [0.15, 0.2) is 24.3 Å². The molecule has 2 N–H and O–H groups in total. The van der Waals surface area contributed by atoms with Crippen molar-refractivity contribution in [3.63, 3.8) is 0 Å². The van der Waals surface area contributed by atoms with Gasteiger partial charge < -0.3 is 10.4 Å². The van der Waals surface area contributed by atoms with E-state index in [-0.39, 0.29) is 23.3 Å². The predicted octanol–water partition coefficient (Wildman–Crippen LogP) is 3.04. The van der Waals surface area contributed by atoms with Gasteiger partial charge in [-0.1, -0.05) is 36.6 Å². The molecule has 21 heavy (non-hydrogen) atoms. The average molecular weight is 308 g/mol. The van der Waals surface area contributed by atoms with Gasteiger partial charge in [0.25, 0.3) is 0 Å². The molecule has 2 saturated carbocycles. The molecule has 1 amide bonds. The van der Waals surface area contributed by atoms with Crippen LogP contribution in [-0.2, 0) is 10.2 Å². The number of rotatable bonds is 4. The van der Waals surface area contributed by atoms with Gasteiger partial charge in [-0.15, -0.1) is 0 Å². The van der Waals surface area contributed by atoms with E-state index in [0.717, 1.165) is 44.1 Å². The fraction of sp³-hybridized carbons (Fsp3) is 0.588. The highest BCUT2D eigenvalue weighted by Crippen LogP contribution is 2.48. The molecule has 0 saturated heterocycles. The van der Waals surface area contributed by atoms with Crippen LogP contribution in [-0.4, -0.2) is 23.7 Å². The van der Waals surface area contributed by atoms with Crippen molar-refractivity contribution >= 4 is 17.5 Å². The lowest BCUT2D eigenvalue weighted by Gasteiger charge is -2.28. The first-order valence-electron chi connectivity index (χ1n) is 7.84. The summed E-state index contributed by atoms with van der Waals surface area (Å²) < 4.78 is 0. The zero-order valence-corrected chi connectivity index (χ0v) is 12.9. The number of amides is 1. The number of carbonyl (C=O) groups is 1. The molecule has 0 radical (unpaired) electrons. The Morgan fingerprint density at radius 3 is 2.52 bits per heavy atom. The van der Waals surface area contributed by atoms with Gasteiger partial charge in [-0.2, -0.15) is 0 Å². The Bertz CT molecular complexity index is 510. The summed E-state index contributed by atoms with van der Waals surface area (Å²) in [5.41, 5.74) is 0.693. The molecule has 0 spiro atoms. The Balaban J connectivity index is 1.61. The van der Waals surface area contributed by atoms with Gasteiger partial charge in [-0.25, -0.2) is 0 Å². The third-order valence-electron chi connectivity index (χ3n) is 4.98. The van der Waals surface area contributed by atoms with Crippen molar-refractivity contribution < 1.29 is 9.90 Å². The molecule has 3 rings (SSSR count). The molecule has 2 aliphatic rings. The maximum absolute atomic E-state index is 12.5. The molecule has 2 aliphatic carbocycles. The van der Waals surface area contributed by atoms with E-state index in [1.807, 2.05) is 24.3 Å². The SMILES string of the molecule is O=C(NCC1CCCCC1O)C1(c2ccc(Cl)cc2)CC1. The van der Waals surface area contributed by atoms with E-state index in [9.17, 15) is 9.90 Å². The summed E-state index contributed by atoms with van der Waals surface area (Å²) >= 11 is 5.91. The van der Waals surface area contributed by atoms with Gasteiger partial charge in [0.2, 0.25) is 5.91 Å². The van der Waals surface area contributed by atoms with Gasteiger partial charge >= 0.3 is 0 Å². The lowest BCUT2D eigenvalue weighted by Crippen LogP contribution is -2.41. The van der Waals surface area contributed by atoms with Gasteiger partial charge in [0.05, 0.1) is 11.5 Å². The Labute approximate surface area is 130 Å². The van der Waals surface area contributed by atoms with Crippen molar-refractivity contribution in [2.75, 3.05) is 6.54 Å². The molecule has 0 heterocycles. The first kappa shape index (κ1) is 14.9. The van der Waals surface area contributed by atoms with Gasteiger partial charge in [0.1, 0.15) is 0 Å². The van der Waals surface area contributed by atoms with E-state index in [0.29, 0.717) is 11.6 Å². The number of halogens is 1. The standard InChI is InChI=1S/C17H22ClNO2/c18-14-7-5-13(6-8-14)17(9-10-17)16(21)19-11-12-3-1-2-4-15(12)20/h5-8,12,15,20H,1-4,9-11H2,(H,19,21). The smallest absolute Gasteiger partial charge is 0.230 e. The number of nitrogens with one attached hydrogen (secondary N) is 1. The summed E-state index contributed by atoms with van der Waals surface area (Å²) in [6.45, 7) is 0.593. The quantitative estimate of drug-likeness (QED) is 0.898. The summed E-state index contributed by atoms with van der Waals surface area (Å²) in [6, 6.07) is 7.58. The normalized spacial score (nSPS) is 27.1. The van der Waals surface area contributed by atoms with Crippen LogP contribution >= 0.6 is 11.6 Å². The van der Waals surface area contributed by atoms with Crippen LogP contribution in [0.5, 0.6) is 0 Å². The third-order valence-corrected chi connectivity index (χ3v) is 5.23. The van der Waals surface area contributed by atoms with Crippen LogP contribution in [0.1, 0.15) is 44.1 Å². The molecule has 1 aromatic rings. The first-order chi connectivity index (χ1) is 10.1. The molecular weight excluding hydrogens is 286 g/mol. The Hall–Kier alpha value is -1.06. The van der Waals surface area contributed by atoms with Crippen molar-refractivity contribution in [1.29, 1.82) is 0 Å². The number of benzene rings is 1. The summed E-state index contributed by atoms with van der Waals surface area (Å²) in [7, 11) is 0. The minimum Gasteiger partial charge on any atom is -0.393 e. The van der Waals surface area contributed by atoms with Crippen LogP contribution in [0.2, 0.25) is 5.02 Å². The highest BCUT2D eigenvalue weighted by atomic mass is 35.5. The molecule has 2 atom stereocenters. The molecule has 2 unspecified atom stereocenters. The second-order valence-electron chi connectivity index (χ2n) is 6.41. The van der Waals surface area contributed by atoms with E-state index in [2.05, 4.69) is 5.32 Å². The van der Waals surface area contributed by atoms with Crippen molar-refractivity contribution in [1.82, 2.24) is 5.32 Å². The number of aliphatic hydroxyl groups is 1. The molecular formula is C17H22ClNO2. The van der Waals surface area contributed by atoms with Crippen molar-refractivity contribution in [3.05, 3.63) is 34.9 Å². The summed E-state index contributed by atoms with van der Waals surface area (Å²) in [5, 5.41) is 13.7. The van der Waals surface area contributed by atoms with Gasteiger partial charge in [-0.3, -0.25) is 4.79 Å². The van der Waals surface area contributed by atoms with Gasteiger partial charge in [-0.05, 0) is 43.4 Å². The summed E-state index contributed by atoms with van der Waals surface area (Å²) in [4.78, 5) is 12.5. The second-order valence-corrected chi connectivity index (χ2v) is 6.85. The Morgan fingerprint density at radius 2 is 1.90 bits per heavy atom. The maximum Gasteiger partial charge on any atom is 0.230 e. The lowest BCUT2D eigenvalue weighted by molar-refractivity contribution is -0.124. The van der Waals surface area contributed by atoms with E-state index in [1.54, 1.807) is 0 Å². The van der Waals surface area contributed by atoms with E-state index in [4.69, 9.17) is 11.6 Å². The highest BCUT2D eigenvalue weighted by molar-refractivity contribution is 6.30. The number of hydrogen-bond donors (Lipinski definition) is 2. The van der Waals surface area contributed by atoms with Crippen molar-refractivity contribution in [3.8, 4) is 0 Å². The van der Waals surface area contributed by atoms with Crippen LogP contribution < -0.4 is 5.32 Å². The highest BCUT2D eigenvalue weighted by Gasteiger charge is 2.51. The topological polar surface area (TPSA) is 49.3 Å². The van der Waals surface area contributed by atoms with Crippen LogP contribution in [0, 0.1) is 5.92 Å². The maximum atomic E-state index is 12.5. The van der Waals surface area contributed by atoms with Crippen LogP contribution in [0.4, 0.5) is 0 Å². The van der Waals surface area contributed by atoms with Crippen LogP contribution in [0.25, 0.3) is 0 Å². The predicted molar refractivity (Wildman–Crippen MR) is 83.3 cm³/mol. The second kappa shape index (κ2) is 5.98. The third kappa shape index (κ3) is 3.09. The average Bonchev–Trinajstić information content (AvgIpc) is 3.28. The number of hydrogen-bond acceptors (Lipinski definition) is 2. The van der Waals surface area contributed by atoms with E-state index < -0.39 is 0 Å². The zero-order valence-electron chi connectivity index (χ0n) is 12.1. The largest absolute Gasteiger partial charge is 0.393 e. The van der Waals surface area contributed by atoms with Crippen LogP contribution in [0.3, 0.4) is 0 Å². The summed E-state index contributed by atoms with van der Waals surface area (Å²) in [6.07, 6.45) is 5.66. The molecule has 2 fully saturated rings. The van der Waals surface area contributed by atoms with Crippen molar-refractivity contribution in [2.24, 2.45) is 5.92 Å². The zero-order chi connectivity index (χ0) is 14.9. The van der Waals surface area contributed by atoms with E-state index in [1.165, 1.54) is 0 Å². The molecule has 0 bridgehead atoms. The fourth-order valence-electron chi connectivity index (χ4n) is 3.36. The fourth-order valence-corrected chi connectivity index (χ4v) is 3.49. The Kier molecular flexibility index (Phi) is 4.23. The summed E-state index contributed by atoms with van der Waals surface area (Å²) in [5.74, 6) is 0.311. The molecule has 3 nitrogen and oxygen atoms in total.